The Labute approximate surface area is 89.3 Å². The summed E-state index contributed by atoms with van der Waals surface area (Å²) in [6.45, 7) is 2.22. The van der Waals surface area contributed by atoms with Crippen molar-refractivity contribution in [2.45, 2.75) is 38.5 Å². The van der Waals surface area contributed by atoms with E-state index in [2.05, 4.69) is 6.92 Å². The van der Waals surface area contributed by atoms with Crippen LogP contribution >= 0.6 is 0 Å². The van der Waals surface area contributed by atoms with E-state index in [1.165, 1.54) is 6.07 Å². The minimum absolute atomic E-state index is 0.219. The van der Waals surface area contributed by atoms with Crippen LogP contribution in [0.1, 0.15) is 44.1 Å². The molecule has 1 aliphatic carbocycles. The fraction of sp³-hybridized carbons (Fsp3) is 0.538. The zero-order valence-electron chi connectivity index (χ0n) is 8.97. The van der Waals surface area contributed by atoms with E-state index in [1.807, 2.05) is 0 Å². The predicted octanol–water partition coefficient (Wildman–Crippen LogP) is 4.26. The summed E-state index contributed by atoms with van der Waals surface area (Å²) < 4.78 is 26.5. The van der Waals surface area contributed by atoms with Crippen LogP contribution in [0.2, 0.25) is 0 Å². The summed E-state index contributed by atoms with van der Waals surface area (Å²) in [5, 5.41) is 0. The average molecular weight is 210 g/mol. The Hall–Kier alpha value is -0.920. The molecule has 15 heavy (non-hydrogen) atoms. The summed E-state index contributed by atoms with van der Waals surface area (Å²) in [5.74, 6) is -0.405. The normalized spacial score (nSPS) is 26.6. The van der Waals surface area contributed by atoms with Gasteiger partial charge in [0.1, 0.15) is 0 Å². The third-order valence-electron chi connectivity index (χ3n) is 3.44. The van der Waals surface area contributed by atoms with Crippen LogP contribution in [0.4, 0.5) is 8.78 Å². The maximum Gasteiger partial charge on any atom is 0.162 e. The fourth-order valence-corrected chi connectivity index (χ4v) is 2.41. The summed E-state index contributed by atoms with van der Waals surface area (Å²) in [6, 6.07) is 4.51. The van der Waals surface area contributed by atoms with Gasteiger partial charge in [0.05, 0.1) is 0 Å². The van der Waals surface area contributed by atoms with Crippen molar-refractivity contribution in [2.75, 3.05) is 0 Å². The molecule has 1 aromatic carbocycles. The second kappa shape index (κ2) is 4.30. The molecule has 1 saturated carbocycles. The Morgan fingerprint density at radius 3 is 2.40 bits per heavy atom. The van der Waals surface area contributed by atoms with E-state index in [-0.39, 0.29) is 5.92 Å². The lowest BCUT2D eigenvalue weighted by atomic mass is 9.79. The lowest BCUT2D eigenvalue weighted by Crippen LogP contribution is -2.12. The van der Waals surface area contributed by atoms with Gasteiger partial charge in [0.25, 0.3) is 0 Å². The molecule has 1 fully saturated rings. The molecule has 1 aromatic rings. The maximum absolute atomic E-state index is 13.5. The first-order chi connectivity index (χ1) is 7.18. The Morgan fingerprint density at radius 2 is 1.73 bits per heavy atom. The molecule has 2 rings (SSSR count). The van der Waals surface area contributed by atoms with Gasteiger partial charge >= 0.3 is 0 Å². The van der Waals surface area contributed by atoms with Crippen molar-refractivity contribution in [3.63, 3.8) is 0 Å². The number of hydrogen-bond acceptors (Lipinski definition) is 0. The smallest absolute Gasteiger partial charge is 0.162 e. The summed E-state index contributed by atoms with van der Waals surface area (Å²) in [5.41, 5.74) is 0.571. The number of benzene rings is 1. The molecule has 2 heteroatoms. The third kappa shape index (κ3) is 2.19. The van der Waals surface area contributed by atoms with Crippen LogP contribution in [-0.4, -0.2) is 0 Å². The molecule has 0 N–H and O–H groups in total. The zero-order chi connectivity index (χ0) is 10.8. The van der Waals surface area contributed by atoms with E-state index in [1.54, 1.807) is 12.1 Å². The molecule has 0 aliphatic heterocycles. The van der Waals surface area contributed by atoms with E-state index in [4.69, 9.17) is 0 Å². The van der Waals surface area contributed by atoms with Gasteiger partial charge in [-0.25, -0.2) is 8.78 Å². The van der Waals surface area contributed by atoms with Crippen molar-refractivity contribution < 1.29 is 8.78 Å². The van der Waals surface area contributed by atoms with Crippen LogP contribution in [0.5, 0.6) is 0 Å². The molecule has 0 saturated heterocycles. The molecule has 82 valence electrons. The summed E-state index contributed by atoms with van der Waals surface area (Å²) in [7, 11) is 0. The van der Waals surface area contributed by atoms with Gasteiger partial charge in [-0.3, -0.25) is 0 Å². The lowest BCUT2D eigenvalue weighted by Gasteiger charge is -2.26. The standard InChI is InChI=1S/C13H16F2/c1-9-5-7-10(8-6-9)11-3-2-4-12(14)13(11)15/h2-4,9-10H,5-8H2,1H3. The molecule has 0 aromatic heterocycles. The van der Waals surface area contributed by atoms with Crippen molar-refractivity contribution in [1.82, 2.24) is 0 Å². The van der Waals surface area contributed by atoms with Gasteiger partial charge in [-0.05, 0) is 36.3 Å². The molecule has 0 radical (unpaired) electrons. The Kier molecular flexibility index (Phi) is 3.03. The van der Waals surface area contributed by atoms with Crippen molar-refractivity contribution in [1.29, 1.82) is 0 Å². The van der Waals surface area contributed by atoms with Crippen LogP contribution < -0.4 is 0 Å². The van der Waals surface area contributed by atoms with E-state index < -0.39 is 11.6 Å². The van der Waals surface area contributed by atoms with Crippen LogP contribution in [0, 0.1) is 17.6 Å². The first kappa shape index (κ1) is 10.6. The highest BCUT2D eigenvalue weighted by Gasteiger charge is 2.23. The summed E-state index contributed by atoms with van der Waals surface area (Å²) in [6.07, 6.45) is 4.23. The van der Waals surface area contributed by atoms with Gasteiger partial charge in [0.15, 0.2) is 11.6 Å². The van der Waals surface area contributed by atoms with Gasteiger partial charge in [-0.2, -0.15) is 0 Å². The van der Waals surface area contributed by atoms with Gasteiger partial charge < -0.3 is 0 Å². The van der Waals surface area contributed by atoms with E-state index >= 15 is 0 Å². The zero-order valence-corrected chi connectivity index (χ0v) is 8.97. The van der Waals surface area contributed by atoms with Crippen molar-refractivity contribution >= 4 is 0 Å². The number of halogens is 2. The highest BCUT2D eigenvalue weighted by atomic mass is 19.2. The second-order valence-corrected chi connectivity index (χ2v) is 4.60. The SMILES string of the molecule is CC1CCC(c2cccc(F)c2F)CC1. The molecule has 0 spiro atoms. The summed E-state index contributed by atoms with van der Waals surface area (Å²) in [4.78, 5) is 0. The van der Waals surface area contributed by atoms with E-state index in [0.29, 0.717) is 5.56 Å². The monoisotopic (exact) mass is 210 g/mol. The molecule has 0 bridgehead atoms. The van der Waals surface area contributed by atoms with Crippen molar-refractivity contribution in [3.8, 4) is 0 Å². The lowest BCUT2D eigenvalue weighted by molar-refractivity contribution is 0.339. The minimum Gasteiger partial charge on any atom is -0.204 e. The van der Waals surface area contributed by atoms with Crippen LogP contribution in [0.15, 0.2) is 18.2 Å². The Balaban J connectivity index is 2.19. The Bertz CT molecular complexity index is 338. The van der Waals surface area contributed by atoms with Crippen molar-refractivity contribution in [2.24, 2.45) is 5.92 Å². The second-order valence-electron chi connectivity index (χ2n) is 4.60. The highest BCUT2D eigenvalue weighted by Crippen LogP contribution is 2.36. The van der Waals surface area contributed by atoms with Crippen molar-refractivity contribution in [3.05, 3.63) is 35.4 Å². The largest absolute Gasteiger partial charge is 0.204 e. The van der Waals surface area contributed by atoms with Gasteiger partial charge in [-0.1, -0.05) is 31.9 Å². The van der Waals surface area contributed by atoms with E-state index in [9.17, 15) is 8.78 Å². The number of hydrogen-bond donors (Lipinski definition) is 0. The van der Waals surface area contributed by atoms with Crippen LogP contribution in [0.25, 0.3) is 0 Å². The number of rotatable bonds is 1. The fourth-order valence-electron chi connectivity index (χ4n) is 2.41. The van der Waals surface area contributed by atoms with Gasteiger partial charge in [0.2, 0.25) is 0 Å². The van der Waals surface area contributed by atoms with Gasteiger partial charge in [-0.15, -0.1) is 0 Å². The predicted molar refractivity (Wildman–Crippen MR) is 56.7 cm³/mol. The molecular weight excluding hydrogens is 194 g/mol. The van der Waals surface area contributed by atoms with Crippen LogP contribution in [0.3, 0.4) is 0 Å². The first-order valence-electron chi connectivity index (χ1n) is 5.62. The highest BCUT2D eigenvalue weighted by molar-refractivity contribution is 5.23. The van der Waals surface area contributed by atoms with Gasteiger partial charge in [0, 0.05) is 0 Å². The molecule has 0 nitrogen and oxygen atoms in total. The first-order valence-corrected chi connectivity index (χ1v) is 5.62. The molecular formula is C13H16F2. The average Bonchev–Trinajstić information content (AvgIpc) is 2.24. The molecule has 0 unspecified atom stereocenters. The van der Waals surface area contributed by atoms with Crippen LogP contribution in [-0.2, 0) is 0 Å². The quantitative estimate of drug-likeness (QED) is 0.649. The van der Waals surface area contributed by atoms with E-state index in [0.717, 1.165) is 31.6 Å². The minimum atomic E-state index is -0.717. The molecule has 0 atom stereocenters. The third-order valence-corrected chi connectivity index (χ3v) is 3.44. The Morgan fingerprint density at radius 1 is 1.07 bits per heavy atom. The summed E-state index contributed by atoms with van der Waals surface area (Å²) >= 11 is 0. The molecule has 0 heterocycles. The maximum atomic E-state index is 13.5. The molecule has 0 amide bonds. The topological polar surface area (TPSA) is 0 Å². The molecule has 1 aliphatic rings.